The van der Waals surface area contributed by atoms with Crippen molar-refractivity contribution in [2.45, 2.75) is 91.9 Å². The van der Waals surface area contributed by atoms with Crippen molar-refractivity contribution in [2.24, 2.45) is 10.8 Å². The molecule has 2 N–H and O–H groups in total. The van der Waals surface area contributed by atoms with Crippen LogP contribution in [-0.4, -0.2) is 51.0 Å². The molecule has 10 heteroatoms. The Hall–Kier alpha value is -1.68. The van der Waals surface area contributed by atoms with Crippen molar-refractivity contribution in [1.82, 2.24) is 41.2 Å². The van der Waals surface area contributed by atoms with Crippen LogP contribution >= 0.6 is 24.4 Å². The first-order valence-corrected chi connectivity index (χ1v) is 11.5. The average Bonchev–Trinajstić information content (AvgIpc) is 3.40. The molecule has 0 saturated heterocycles. The van der Waals surface area contributed by atoms with E-state index in [2.05, 4.69) is 68.9 Å². The Morgan fingerprint density at radius 1 is 0.667 bits per heavy atom. The fourth-order valence-electron chi connectivity index (χ4n) is 3.22. The Morgan fingerprint density at radius 3 is 1.40 bits per heavy atom. The van der Waals surface area contributed by atoms with E-state index >= 15 is 0 Å². The third-order valence-corrected chi connectivity index (χ3v) is 6.52. The molecule has 30 heavy (non-hydrogen) atoms. The number of rotatable bonds is 15. The minimum absolute atomic E-state index is 0.209. The van der Waals surface area contributed by atoms with Crippen LogP contribution in [0.3, 0.4) is 0 Å². The molecule has 2 aromatic heterocycles. The quantitative estimate of drug-likeness (QED) is 0.384. The summed E-state index contributed by atoms with van der Waals surface area (Å²) in [6.45, 7) is 9.11. The van der Waals surface area contributed by atoms with Crippen molar-refractivity contribution in [1.29, 1.82) is 0 Å². The van der Waals surface area contributed by atoms with Crippen LogP contribution in [-0.2, 0) is 12.8 Å². The van der Waals surface area contributed by atoms with E-state index in [0.717, 1.165) is 85.6 Å². The predicted molar refractivity (Wildman–Crippen MR) is 125 cm³/mol. The highest BCUT2D eigenvalue weighted by molar-refractivity contribution is 7.80. The van der Waals surface area contributed by atoms with Gasteiger partial charge in [-0.3, -0.25) is 0 Å². The minimum atomic E-state index is 0.209. The summed E-state index contributed by atoms with van der Waals surface area (Å²) >= 11 is 11.3. The van der Waals surface area contributed by atoms with Gasteiger partial charge in [-0.1, -0.05) is 52.1 Å². The number of H-pyrrole nitrogens is 2. The largest absolute Gasteiger partial charge is 0.243 e. The molecule has 0 atom stereocenters. The van der Waals surface area contributed by atoms with Gasteiger partial charge >= 0.3 is 0 Å². The van der Waals surface area contributed by atoms with Crippen LogP contribution in [0.2, 0.25) is 0 Å². The third-order valence-electron chi connectivity index (χ3n) is 5.70. The Morgan fingerprint density at radius 2 is 1.07 bits per heavy atom. The number of aryl methyl sites for hydroxylation is 2. The molecule has 2 heterocycles. The number of hydrogen-bond donors (Lipinski definition) is 2. The number of tetrazole rings is 2. The maximum absolute atomic E-state index is 5.63. The topological polar surface area (TPSA) is 109 Å². The van der Waals surface area contributed by atoms with Crippen LogP contribution in [0.25, 0.3) is 0 Å². The van der Waals surface area contributed by atoms with Crippen molar-refractivity contribution in [3.05, 3.63) is 11.6 Å². The molecular formula is C20H34N8S2. The van der Waals surface area contributed by atoms with Gasteiger partial charge in [-0.25, -0.2) is 10.2 Å². The lowest BCUT2D eigenvalue weighted by molar-refractivity contribution is 0.310. The number of thiocarbonyl (C=S) groups is 2. The first kappa shape index (κ1) is 24.6. The van der Waals surface area contributed by atoms with Crippen LogP contribution in [0.1, 0.15) is 90.7 Å². The summed E-state index contributed by atoms with van der Waals surface area (Å²) in [5.41, 5.74) is 0.417. The molecule has 0 aliphatic carbocycles. The molecular weight excluding hydrogens is 416 g/mol. The number of hydrogen-bond acceptors (Lipinski definition) is 8. The number of aromatic nitrogens is 8. The molecule has 0 aliphatic rings. The standard InChI is InChI=1S/C20H34N8S2/c1-19(2,13-9-17-21-25-26-22-17)11-7-15(29)5-6-16(30)8-12-20(3,4)14-10-18-23-27-28-24-18/h5-14H2,1-4H3,(H,21,22,25,26)(H,23,24,27,28). The molecule has 0 bridgehead atoms. The third kappa shape index (κ3) is 9.88. The molecule has 0 aromatic carbocycles. The van der Waals surface area contributed by atoms with Gasteiger partial charge in [-0.2, -0.15) is 0 Å². The van der Waals surface area contributed by atoms with Crippen molar-refractivity contribution in [3.8, 4) is 0 Å². The normalized spacial score (nSPS) is 12.3. The van der Waals surface area contributed by atoms with Crippen molar-refractivity contribution >= 4 is 34.2 Å². The lowest BCUT2D eigenvalue weighted by atomic mass is 9.81. The summed E-state index contributed by atoms with van der Waals surface area (Å²) in [4.78, 5) is 2.26. The lowest BCUT2D eigenvalue weighted by Gasteiger charge is -2.25. The second kappa shape index (κ2) is 11.6. The van der Waals surface area contributed by atoms with Gasteiger partial charge in [0.1, 0.15) is 11.6 Å². The zero-order valence-electron chi connectivity index (χ0n) is 18.6. The molecule has 0 fully saturated rings. The van der Waals surface area contributed by atoms with Crippen LogP contribution in [0.15, 0.2) is 0 Å². The van der Waals surface area contributed by atoms with Gasteiger partial charge in [0.05, 0.1) is 0 Å². The summed E-state index contributed by atoms with van der Waals surface area (Å²) < 4.78 is 0. The summed E-state index contributed by atoms with van der Waals surface area (Å²) in [7, 11) is 0. The van der Waals surface area contributed by atoms with E-state index in [9.17, 15) is 0 Å². The second-order valence-corrected chi connectivity index (χ2v) is 10.8. The van der Waals surface area contributed by atoms with Crippen LogP contribution in [0, 0.1) is 10.8 Å². The molecule has 166 valence electrons. The zero-order valence-corrected chi connectivity index (χ0v) is 20.2. The van der Waals surface area contributed by atoms with Crippen molar-refractivity contribution in [2.75, 3.05) is 0 Å². The van der Waals surface area contributed by atoms with E-state index in [4.69, 9.17) is 24.4 Å². The maximum atomic E-state index is 5.63. The summed E-state index contributed by atoms with van der Waals surface area (Å²) in [5.74, 6) is 1.69. The molecule has 0 spiro atoms. The molecule has 0 radical (unpaired) electrons. The zero-order chi connectivity index (χ0) is 22.0. The van der Waals surface area contributed by atoms with Gasteiger partial charge in [0.25, 0.3) is 0 Å². The fourth-order valence-corrected chi connectivity index (χ4v) is 3.63. The first-order valence-electron chi connectivity index (χ1n) is 10.6. The van der Waals surface area contributed by atoms with Crippen molar-refractivity contribution in [3.63, 3.8) is 0 Å². The smallest absolute Gasteiger partial charge is 0.148 e. The predicted octanol–water partition coefficient (Wildman–Crippen LogP) is 4.41. The van der Waals surface area contributed by atoms with Gasteiger partial charge in [0.15, 0.2) is 0 Å². The molecule has 0 aliphatic heterocycles. The molecule has 0 unspecified atom stereocenters. The Balaban J connectivity index is 1.59. The second-order valence-electron chi connectivity index (χ2n) is 9.60. The number of nitrogens with zero attached hydrogens (tertiary/aromatic N) is 6. The highest BCUT2D eigenvalue weighted by Crippen LogP contribution is 2.30. The summed E-state index contributed by atoms with van der Waals surface area (Å²) in [5, 5.41) is 28.1. The van der Waals surface area contributed by atoms with Gasteiger partial charge in [0, 0.05) is 12.8 Å². The molecule has 2 rings (SSSR count). The lowest BCUT2D eigenvalue weighted by Crippen LogP contribution is -2.16. The van der Waals surface area contributed by atoms with E-state index in [1.165, 1.54) is 0 Å². The van der Waals surface area contributed by atoms with E-state index in [1.54, 1.807) is 0 Å². The van der Waals surface area contributed by atoms with E-state index < -0.39 is 0 Å². The van der Waals surface area contributed by atoms with Gasteiger partial charge in [0.2, 0.25) is 0 Å². The molecule has 2 aromatic rings. The molecule has 0 saturated carbocycles. The van der Waals surface area contributed by atoms with Gasteiger partial charge in [-0.05, 0) is 92.8 Å². The molecule has 8 nitrogen and oxygen atoms in total. The van der Waals surface area contributed by atoms with Crippen molar-refractivity contribution < 1.29 is 0 Å². The van der Waals surface area contributed by atoms with Crippen LogP contribution in [0.4, 0.5) is 0 Å². The SMILES string of the molecule is CC(C)(CCC(=S)CCC(=S)CCC(C)(C)CCc1nnn[nH]1)CCc1nnn[nH]1. The highest BCUT2D eigenvalue weighted by Gasteiger charge is 2.21. The minimum Gasteiger partial charge on any atom is -0.243 e. The number of aromatic amines is 2. The monoisotopic (exact) mass is 450 g/mol. The van der Waals surface area contributed by atoms with Crippen LogP contribution < -0.4 is 0 Å². The number of nitrogens with one attached hydrogen (secondary N) is 2. The summed E-state index contributed by atoms with van der Waals surface area (Å²) in [6, 6.07) is 0. The van der Waals surface area contributed by atoms with E-state index in [-0.39, 0.29) is 10.8 Å². The average molecular weight is 451 g/mol. The highest BCUT2D eigenvalue weighted by atomic mass is 32.1. The Bertz CT molecular complexity index is 703. The van der Waals surface area contributed by atoms with E-state index in [1.807, 2.05) is 0 Å². The fraction of sp³-hybridized carbons (Fsp3) is 0.800. The van der Waals surface area contributed by atoms with Gasteiger partial charge in [-0.15, -0.1) is 10.2 Å². The maximum Gasteiger partial charge on any atom is 0.148 e. The Kier molecular flexibility index (Phi) is 9.54. The molecule has 0 amide bonds. The van der Waals surface area contributed by atoms with E-state index in [0.29, 0.717) is 0 Å². The Labute approximate surface area is 189 Å². The summed E-state index contributed by atoms with van der Waals surface area (Å²) in [6.07, 6.45) is 9.70. The first-order chi connectivity index (χ1) is 14.2. The van der Waals surface area contributed by atoms with Gasteiger partial charge < -0.3 is 0 Å². The van der Waals surface area contributed by atoms with Crippen LogP contribution in [0.5, 0.6) is 0 Å².